The van der Waals surface area contributed by atoms with E-state index in [1.807, 2.05) is 6.07 Å². The van der Waals surface area contributed by atoms with Crippen LogP contribution in [0.4, 0.5) is 11.4 Å². The number of nitro groups is 1. The van der Waals surface area contributed by atoms with Gasteiger partial charge in [0.2, 0.25) is 0 Å². The van der Waals surface area contributed by atoms with Gasteiger partial charge in [0.05, 0.1) is 29.7 Å². The molecule has 0 radical (unpaired) electrons. The van der Waals surface area contributed by atoms with E-state index in [-0.39, 0.29) is 17.1 Å². The second-order valence-corrected chi connectivity index (χ2v) is 6.10. The molecular formula is C20H19N3O7. The number of hydrogen-bond acceptors (Lipinski definition) is 8. The van der Waals surface area contributed by atoms with Crippen molar-refractivity contribution in [3.8, 4) is 17.6 Å². The number of esters is 1. The number of hydrogen-bond donors (Lipinski definition) is 1. The third-order valence-electron chi connectivity index (χ3n) is 3.95. The lowest BCUT2D eigenvalue weighted by molar-refractivity contribution is -0.384. The van der Waals surface area contributed by atoms with Crippen LogP contribution in [0.1, 0.15) is 19.4 Å². The van der Waals surface area contributed by atoms with Gasteiger partial charge in [0.1, 0.15) is 17.2 Å². The highest BCUT2D eigenvalue weighted by molar-refractivity contribution is 5.97. The first kappa shape index (κ1) is 22.2. The third kappa shape index (κ3) is 5.68. The van der Waals surface area contributed by atoms with E-state index in [1.54, 1.807) is 0 Å². The minimum Gasteiger partial charge on any atom is -0.496 e. The molecule has 0 spiro atoms. The number of ether oxygens (including phenoxy) is 3. The smallest absolute Gasteiger partial charge is 0.347 e. The van der Waals surface area contributed by atoms with Crippen LogP contribution in [0.25, 0.3) is 0 Å². The van der Waals surface area contributed by atoms with Gasteiger partial charge >= 0.3 is 5.97 Å². The van der Waals surface area contributed by atoms with Gasteiger partial charge in [-0.05, 0) is 50.2 Å². The number of nitrogens with one attached hydrogen (secondary N) is 1. The summed E-state index contributed by atoms with van der Waals surface area (Å²) < 4.78 is 15.5. The van der Waals surface area contributed by atoms with E-state index >= 15 is 0 Å². The normalized spacial score (nSPS) is 12.1. The van der Waals surface area contributed by atoms with Crippen molar-refractivity contribution in [2.24, 2.45) is 0 Å². The van der Waals surface area contributed by atoms with Gasteiger partial charge < -0.3 is 19.5 Å². The molecule has 30 heavy (non-hydrogen) atoms. The van der Waals surface area contributed by atoms with Crippen molar-refractivity contribution in [2.45, 2.75) is 26.1 Å². The molecule has 0 aromatic heterocycles. The lowest BCUT2D eigenvalue weighted by atomic mass is 10.2. The fourth-order valence-electron chi connectivity index (χ4n) is 2.31. The van der Waals surface area contributed by atoms with E-state index in [1.165, 1.54) is 63.4 Å². The molecule has 0 aliphatic carbocycles. The van der Waals surface area contributed by atoms with Gasteiger partial charge in [-0.2, -0.15) is 5.26 Å². The molecular weight excluding hydrogens is 394 g/mol. The van der Waals surface area contributed by atoms with Gasteiger partial charge in [-0.15, -0.1) is 0 Å². The molecule has 10 heteroatoms. The number of anilines is 1. The van der Waals surface area contributed by atoms with Crippen molar-refractivity contribution in [2.75, 3.05) is 12.4 Å². The van der Waals surface area contributed by atoms with Crippen molar-refractivity contribution in [3.05, 3.63) is 58.1 Å². The summed E-state index contributed by atoms with van der Waals surface area (Å²) in [6.45, 7) is 2.77. The summed E-state index contributed by atoms with van der Waals surface area (Å²) in [4.78, 5) is 35.0. The van der Waals surface area contributed by atoms with E-state index in [4.69, 9.17) is 19.5 Å². The van der Waals surface area contributed by atoms with E-state index in [0.29, 0.717) is 11.3 Å². The monoisotopic (exact) mass is 413 g/mol. The van der Waals surface area contributed by atoms with Crippen molar-refractivity contribution < 1.29 is 28.7 Å². The SMILES string of the molecule is COc1ccc(NC(=O)[C@@H](C)OC(=O)[C@@H](C)Oc2ccc(C#N)cc2)c([N+](=O)[O-])c1. The number of carbonyl (C=O) groups excluding carboxylic acids is 2. The minimum atomic E-state index is -1.23. The highest BCUT2D eigenvalue weighted by Gasteiger charge is 2.25. The number of rotatable bonds is 8. The average molecular weight is 413 g/mol. The van der Waals surface area contributed by atoms with Crippen LogP contribution < -0.4 is 14.8 Å². The van der Waals surface area contributed by atoms with Crippen LogP contribution in [-0.4, -0.2) is 36.1 Å². The molecule has 2 rings (SSSR count). The molecule has 0 fully saturated rings. The largest absolute Gasteiger partial charge is 0.496 e. The maximum absolute atomic E-state index is 12.3. The lowest BCUT2D eigenvalue weighted by Crippen LogP contribution is -2.35. The molecule has 0 saturated heterocycles. The summed E-state index contributed by atoms with van der Waals surface area (Å²) in [5.74, 6) is -0.939. The zero-order valence-electron chi connectivity index (χ0n) is 16.4. The Morgan fingerprint density at radius 1 is 1.10 bits per heavy atom. The summed E-state index contributed by atoms with van der Waals surface area (Å²) in [6, 6.07) is 12.0. The van der Waals surface area contributed by atoms with Crippen LogP contribution in [0.15, 0.2) is 42.5 Å². The van der Waals surface area contributed by atoms with Gasteiger partial charge in [-0.3, -0.25) is 14.9 Å². The molecule has 10 nitrogen and oxygen atoms in total. The molecule has 2 atom stereocenters. The van der Waals surface area contributed by atoms with Crippen LogP contribution in [-0.2, 0) is 14.3 Å². The van der Waals surface area contributed by atoms with Gasteiger partial charge in [0.25, 0.3) is 11.6 Å². The molecule has 0 saturated carbocycles. The Morgan fingerprint density at radius 2 is 1.73 bits per heavy atom. The van der Waals surface area contributed by atoms with E-state index < -0.39 is 29.0 Å². The molecule has 0 aliphatic heterocycles. The van der Waals surface area contributed by atoms with E-state index in [0.717, 1.165) is 0 Å². The van der Waals surface area contributed by atoms with Gasteiger partial charge in [0, 0.05) is 0 Å². The molecule has 156 valence electrons. The maximum atomic E-state index is 12.3. The summed E-state index contributed by atoms with van der Waals surface area (Å²) in [7, 11) is 1.36. The average Bonchev–Trinajstić information content (AvgIpc) is 2.74. The minimum absolute atomic E-state index is 0.0596. The molecule has 2 aromatic carbocycles. The number of nitrogens with zero attached hydrogens (tertiary/aromatic N) is 2. The Bertz CT molecular complexity index is 983. The first-order chi connectivity index (χ1) is 14.2. The zero-order chi connectivity index (χ0) is 22.3. The Kier molecular flexibility index (Phi) is 7.30. The van der Waals surface area contributed by atoms with E-state index in [9.17, 15) is 19.7 Å². The molecule has 0 unspecified atom stereocenters. The quantitative estimate of drug-likeness (QED) is 0.396. The predicted molar refractivity (Wildman–Crippen MR) is 105 cm³/mol. The Balaban J connectivity index is 1.98. The standard InChI is InChI=1S/C20H19N3O7/c1-12(19(24)22-17-9-8-16(28-3)10-18(17)23(26)27)30-20(25)13(2)29-15-6-4-14(11-21)5-7-15/h4-10,12-13H,1-3H3,(H,22,24)/t12-,13-/m1/s1. The van der Waals surface area contributed by atoms with Crippen molar-refractivity contribution >= 4 is 23.3 Å². The molecule has 2 aromatic rings. The lowest BCUT2D eigenvalue weighted by Gasteiger charge is -2.18. The summed E-state index contributed by atoms with van der Waals surface area (Å²) in [6.07, 6.45) is -2.25. The number of carbonyl (C=O) groups is 2. The van der Waals surface area contributed by atoms with E-state index in [2.05, 4.69) is 5.32 Å². The molecule has 0 heterocycles. The topological polar surface area (TPSA) is 141 Å². The third-order valence-corrected chi connectivity index (χ3v) is 3.95. The van der Waals surface area contributed by atoms with Crippen molar-refractivity contribution in [1.82, 2.24) is 0 Å². The van der Waals surface area contributed by atoms with Crippen LogP contribution >= 0.6 is 0 Å². The van der Waals surface area contributed by atoms with Crippen LogP contribution in [0.3, 0.4) is 0 Å². The van der Waals surface area contributed by atoms with Crippen molar-refractivity contribution in [3.63, 3.8) is 0 Å². The maximum Gasteiger partial charge on any atom is 0.347 e. The second kappa shape index (κ2) is 9.88. The number of methoxy groups -OCH3 is 1. The number of benzene rings is 2. The Labute approximate surface area is 172 Å². The first-order valence-electron chi connectivity index (χ1n) is 8.75. The molecule has 1 N–H and O–H groups in total. The number of amides is 1. The predicted octanol–water partition coefficient (Wildman–Crippen LogP) is 2.81. The van der Waals surface area contributed by atoms with Gasteiger partial charge in [-0.1, -0.05) is 0 Å². The zero-order valence-corrected chi connectivity index (χ0v) is 16.4. The van der Waals surface area contributed by atoms with Gasteiger partial charge in [0.15, 0.2) is 12.2 Å². The molecule has 0 bridgehead atoms. The Hall–Kier alpha value is -4.13. The number of nitriles is 1. The first-order valence-corrected chi connectivity index (χ1v) is 8.75. The summed E-state index contributed by atoms with van der Waals surface area (Å²) >= 11 is 0. The fraction of sp³-hybridized carbons (Fsp3) is 0.250. The highest BCUT2D eigenvalue weighted by Crippen LogP contribution is 2.29. The molecule has 0 aliphatic rings. The van der Waals surface area contributed by atoms with Crippen molar-refractivity contribution in [1.29, 1.82) is 5.26 Å². The van der Waals surface area contributed by atoms with Crippen LogP contribution in [0.5, 0.6) is 11.5 Å². The molecule has 1 amide bonds. The number of nitro benzene ring substituents is 1. The van der Waals surface area contributed by atoms with Crippen LogP contribution in [0, 0.1) is 21.4 Å². The second-order valence-electron chi connectivity index (χ2n) is 6.10. The van der Waals surface area contributed by atoms with Gasteiger partial charge in [-0.25, -0.2) is 4.79 Å². The summed E-state index contributed by atoms with van der Waals surface area (Å²) in [5.41, 5.74) is 0.0184. The Morgan fingerprint density at radius 3 is 2.30 bits per heavy atom. The fourth-order valence-corrected chi connectivity index (χ4v) is 2.31. The summed E-state index contributed by atoms with van der Waals surface area (Å²) in [5, 5.41) is 22.3. The van der Waals surface area contributed by atoms with Crippen LogP contribution in [0.2, 0.25) is 0 Å². The highest BCUT2D eigenvalue weighted by atomic mass is 16.6.